The maximum absolute atomic E-state index is 10.4. The van der Waals surface area contributed by atoms with Gasteiger partial charge in [-0.1, -0.05) is 13.8 Å². The number of likely N-dealkylation sites (N-methyl/N-ethyl adjacent to an activating group) is 1. The first-order valence-electron chi connectivity index (χ1n) is 6.31. The molecule has 0 aliphatic heterocycles. The van der Waals surface area contributed by atoms with E-state index in [1.165, 1.54) is 0 Å². The smallest absolute Gasteiger partial charge is 0.124 e. The number of ether oxygens (including phenoxy) is 2. The highest BCUT2D eigenvalue weighted by Crippen LogP contribution is 2.31. The van der Waals surface area contributed by atoms with Gasteiger partial charge in [-0.05, 0) is 31.2 Å². The van der Waals surface area contributed by atoms with E-state index >= 15 is 0 Å². The Bertz CT molecular complexity index is 368. The first-order chi connectivity index (χ1) is 8.67. The number of nitrogens with one attached hydrogen (secondary N) is 1. The molecule has 0 aliphatic carbocycles. The Balaban J connectivity index is 3.04. The summed E-state index contributed by atoms with van der Waals surface area (Å²) in [7, 11) is 3.21. The van der Waals surface area contributed by atoms with E-state index in [4.69, 9.17) is 9.47 Å². The fourth-order valence-electron chi connectivity index (χ4n) is 2.03. The summed E-state index contributed by atoms with van der Waals surface area (Å²) < 4.78 is 10.5. The molecule has 4 nitrogen and oxygen atoms in total. The minimum atomic E-state index is -0.611. The highest BCUT2D eigenvalue weighted by molar-refractivity contribution is 5.42. The first kappa shape index (κ1) is 14.8. The molecule has 0 saturated carbocycles. The molecule has 1 aromatic carbocycles. The highest BCUT2D eigenvalue weighted by atomic mass is 16.5. The van der Waals surface area contributed by atoms with Crippen molar-refractivity contribution in [2.24, 2.45) is 0 Å². The number of aliphatic hydroxyl groups is 1. The molecule has 4 heteroatoms. The van der Waals surface area contributed by atoms with Crippen LogP contribution in [0.5, 0.6) is 11.5 Å². The van der Waals surface area contributed by atoms with E-state index in [1.54, 1.807) is 14.2 Å². The Morgan fingerprint density at radius 2 is 1.94 bits per heavy atom. The standard InChI is InChI=1S/C14H23NO3/c1-5-12(15-6-2)14(16)11-9-10(17-3)7-8-13(11)18-4/h7-9,12,14-16H,5-6H2,1-4H3. The zero-order valence-corrected chi connectivity index (χ0v) is 11.6. The molecular formula is C14H23NO3. The molecule has 1 aromatic rings. The summed E-state index contributed by atoms with van der Waals surface area (Å²) in [5.74, 6) is 1.40. The number of benzene rings is 1. The molecule has 0 aliphatic rings. The Labute approximate surface area is 109 Å². The van der Waals surface area contributed by atoms with Crippen molar-refractivity contribution in [3.05, 3.63) is 23.8 Å². The fourth-order valence-corrected chi connectivity index (χ4v) is 2.03. The van der Waals surface area contributed by atoms with Crippen LogP contribution in [0.4, 0.5) is 0 Å². The molecule has 18 heavy (non-hydrogen) atoms. The van der Waals surface area contributed by atoms with Gasteiger partial charge in [-0.3, -0.25) is 0 Å². The topological polar surface area (TPSA) is 50.7 Å². The summed E-state index contributed by atoms with van der Waals surface area (Å²) in [5.41, 5.74) is 0.754. The van der Waals surface area contributed by atoms with Crippen LogP contribution in [0.15, 0.2) is 18.2 Å². The molecule has 1 rings (SSSR count). The van der Waals surface area contributed by atoms with Gasteiger partial charge in [-0.25, -0.2) is 0 Å². The molecule has 2 N–H and O–H groups in total. The number of aliphatic hydroxyl groups excluding tert-OH is 1. The van der Waals surface area contributed by atoms with Crippen molar-refractivity contribution in [2.45, 2.75) is 32.4 Å². The van der Waals surface area contributed by atoms with Gasteiger partial charge in [0.2, 0.25) is 0 Å². The Hall–Kier alpha value is -1.26. The predicted molar refractivity (Wildman–Crippen MR) is 72.3 cm³/mol. The van der Waals surface area contributed by atoms with Crippen molar-refractivity contribution in [1.82, 2.24) is 5.32 Å². The fraction of sp³-hybridized carbons (Fsp3) is 0.571. The number of hydrogen-bond acceptors (Lipinski definition) is 4. The molecule has 0 amide bonds. The Kier molecular flexibility index (Phi) is 5.95. The van der Waals surface area contributed by atoms with E-state index in [0.717, 1.165) is 24.3 Å². The molecule has 0 fully saturated rings. The van der Waals surface area contributed by atoms with Crippen LogP contribution >= 0.6 is 0 Å². The molecule has 2 atom stereocenters. The van der Waals surface area contributed by atoms with E-state index < -0.39 is 6.10 Å². The van der Waals surface area contributed by atoms with Crippen LogP contribution in [-0.4, -0.2) is 31.9 Å². The van der Waals surface area contributed by atoms with E-state index in [0.29, 0.717) is 5.75 Å². The molecule has 102 valence electrons. The summed E-state index contributed by atoms with van der Waals surface area (Å²) in [6.45, 7) is 4.89. The molecule has 2 unspecified atom stereocenters. The van der Waals surface area contributed by atoms with Gasteiger partial charge in [-0.15, -0.1) is 0 Å². The van der Waals surface area contributed by atoms with Gasteiger partial charge >= 0.3 is 0 Å². The zero-order chi connectivity index (χ0) is 13.5. The number of hydrogen-bond donors (Lipinski definition) is 2. The van der Waals surface area contributed by atoms with E-state index in [1.807, 2.05) is 32.0 Å². The normalized spacial score (nSPS) is 14.1. The second-order valence-corrected chi connectivity index (χ2v) is 4.13. The molecule has 0 spiro atoms. The average Bonchev–Trinajstić information content (AvgIpc) is 2.43. The van der Waals surface area contributed by atoms with Crippen LogP contribution in [0.1, 0.15) is 31.9 Å². The number of rotatable bonds is 7. The lowest BCUT2D eigenvalue weighted by molar-refractivity contribution is 0.123. The molecule has 0 saturated heterocycles. The minimum absolute atomic E-state index is 0.0102. The monoisotopic (exact) mass is 253 g/mol. The average molecular weight is 253 g/mol. The third-order valence-electron chi connectivity index (χ3n) is 3.04. The largest absolute Gasteiger partial charge is 0.497 e. The van der Waals surface area contributed by atoms with Crippen molar-refractivity contribution in [1.29, 1.82) is 0 Å². The summed E-state index contributed by atoms with van der Waals surface area (Å²) >= 11 is 0. The van der Waals surface area contributed by atoms with Crippen molar-refractivity contribution >= 4 is 0 Å². The molecule has 0 heterocycles. The minimum Gasteiger partial charge on any atom is -0.497 e. The van der Waals surface area contributed by atoms with Gasteiger partial charge in [-0.2, -0.15) is 0 Å². The first-order valence-corrected chi connectivity index (χ1v) is 6.31. The summed E-state index contributed by atoms with van der Waals surface area (Å²) in [5, 5.41) is 13.7. The molecule has 0 aromatic heterocycles. The maximum Gasteiger partial charge on any atom is 0.124 e. The molecule has 0 bridgehead atoms. The zero-order valence-electron chi connectivity index (χ0n) is 11.6. The summed E-state index contributed by atoms with van der Waals surface area (Å²) in [4.78, 5) is 0. The predicted octanol–water partition coefficient (Wildman–Crippen LogP) is 2.13. The summed E-state index contributed by atoms with van der Waals surface area (Å²) in [6, 6.07) is 5.47. The van der Waals surface area contributed by atoms with Crippen LogP contribution in [-0.2, 0) is 0 Å². The van der Waals surface area contributed by atoms with Gasteiger partial charge in [0.15, 0.2) is 0 Å². The second-order valence-electron chi connectivity index (χ2n) is 4.13. The lowest BCUT2D eigenvalue weighted by Gasteiger charge is -2.24. The van der Waals surface area contributed by atoms with E-state index in [9.17, 15) is 5.11 Å². The summed E-state index contributed by atoms with van der Waals surface area (Å²) in [6.07, 6.45) is 0.232. The number of methoxy groups -OCH3 is 2. The van der Waals surface area contributed by atoms with Crippen molar-refractivity contribution in [2.75, 3.05) is 20.8 Å². The quantitative estimate of drug-likeness (QED) is 0.781. The lowest BCUT2D eigenvalue weighted by atomic mass is 9.99. The van der Waals surface area contributed by atoms with Crippen LogP contribution in [0.2, 0.25) is 0 Å². The Morgan fingerprint density at radius 3 is 2.44 bits per heavy atom. The lowest BCUT2D eigenvalue weighted by Crippen LogP contribution is -2.34. The van der Waals surface area contributed by atoms with Crippen molar-refractivity contribution < 1.29 is 14.6 Å². The second kappa shape index (κ2) is 7.24. The SMILES string of the molecule is CCNC(CC)C(O)c1cc(OC)ccc1OC. The maximum atomic E-state index is 10.4. The van der Waals surface area contributed by atoms with Gasteiger partial charge in [0.05, 0.1) is 20.3 Å². The van der Waals surface area contributed by atoms with Crippen LogP contribution in [0, 0.1) is 0 Å². The van der Waals surface area contributed by atoms with Gasteiger partial charge in [0.25, 0.3) is 0 Å². The van der Waals surface area contributed by atoms with Crippen molar-refractivity contribution in [3.8, 4) is 11.5 Å². The van der Waals surface area contributed by atoms with Gasteiger partial charge < -0.3 is 19.9 Å². The van der Waals surface area contributed by atoms with Crippen molar-refractivity contribution in [3.63, 3.8) is 0 Å². The van der Waals surface area contributed by atoms with Crippen LogP contribution in [0.25, 0.3) is 0 Å². The molecular weight excluding hydrogens is 230 g/mol. The Morgan fingerprint density at radius 1 is 1.22 bits per heavy atom. The van der Waals surface area contributed by atoms with Crippen LogP contribution in [0.3, 0.4) is 0 Å². The van der Waals surface area contributed by atoms with E-state index in [-0.39, 0.29) is 6.04 Å². The third kappa shape index (κ3) is 3.37. The third-order valence-corrected chi connectivity index (χ3v) is 3.04. The van der Waals surface area contributed by atoms with E-state index in [2.05, 4.69) is 5.32 Å². The molecule has 0 radical (unpaired) electrons. The highest BCUT2D eigenvalue weighted by Gasteiger charge is 2.22. The van der Waals surface area contributed by atoms with Crippen LogP contribution < -0.4 is 14.8 Å². The van der Waals surface area contributed by atoms with Gasteiger partial charge in [0, 0.05) is 11.6 Å². The van der Waals surface area contributed by atoms with Gasteiger partial charge in [0.1, 0.15) is 11.5 Å².